The van der Waals surface area contributed by atoms with Crippen LogP contribution in [0.4, 0.5) is 10.1 Å². The van der Waals surface area contributed by atoms with Crippen molar-refractivity contribution in [1.29, 1.82) is 0 Å². The van der Waals surface area contributed by atoms with Crippen molar-refractivity contribution in [2.24, 2.45) is 0 Å². The number of anilines is 1. The van der Waals surface area contributed by atoms with Gasteiger partial charge in [0, 0.05) is 38.4 Å². The fraction of sp³-hybridized carbons (Fsp3) is 0.296. The molecule has 182 valence electrons. The summed E-state index contributed by atoms with van der Waals surface area (Å²) in [5, 5.41) is 2.94. The Balaban J connectivity index is 1.31. The number of nitrogens with one attached hydrogen (secondary N) is 1. The molecule has 5 rings (SSSR count). The second kappa shape index (κ2) is 10.2. The third-order valence-electron chi connectivity index (χ3n) is 6.55. The van der Waals surface area contributed by atoms with E-state index in [-0.39, 0.29) is 18.4 Å². The van der Waals surface area contributed by atoms with E-state index in [9.17, 15) is 9.18 Å². The molecule has 1 atom stereocenters. The summed E-state index contributed by atoms with van der Waals surface area (Å²) < 4.78 is 30.4. The lowest BCUT2D eigenvalue weighted by molar-refractivity contribution is 0.0926. The number of halogens is 1. The van der Waals surface area contributed by atoms with Gasteiger partial charge in [-0.2, -0.15) is 0 Å². The molecule has 0 spiro atoms. The van der Waals surface area contributed by atoms with Crippen LogP contribution < -0.4 is 24.4 Å². The Morgan fingerprint density at radius 1 is 1.00 bits per heavy atom. The van der Waals surface area contributed by atoms with Gasteiger partial charge < -0.3 is 24.4 Å². The highest BCUT2D eigenvalue weighted by Crippen LogP contribution is 2.36. The number of nitrogens with zero attached hydrogens (tertiary/aromatic N) is 2. The normalized spacial score (nSPS) is 16.1. The lowest BCUT2D eigenvalue weighted by Crippen LogP contribution is -2.50. The molecule has 1 amide bonds. The van der Waals surface area contributed by atoms with Gasteiger partial charge in [0.2, 0.25) is 6.79 Å². The molecule has 1 fully saturated rings. The first-order chi connectivity index (χ1) is 17.1. The third kappa shape index (κ3) is 5.02. The second-order valence-electron chi connectivity index (χ2n) is 8.54. The van der Waals surface area contributed by atoms with Gasteiger partial charge >= 0.3 is 0 Å². The lowest BCUT2D eigenvalue weighted by Gasteiger charge is -2.40. The zero-order chi connectivity index (χ0) is 24.2. The fourth-order valence-corrected chi connectivity index (χ4v) is 4.59. The van der Waals surface area contributed by atoms with E-state index in [0.717, 1.165) is 43.2 Å². The predicted octanol–water partition coefficient (Wildman–Crippen LogP) is 3.86. The standard InChI is InChI=1S/C27H28FN3O4/c1-33-21-9-7-20(8-10-21)30-12-14-31(15-13-30)24(19-6-11-25-26(16-19)35-18-34-25)17-29-27(32)22-4-2-3-5-23(22)28/h2-11,16,24H,12-15,17-18H2,1H3,(H,29,32). The zero-order valence-electron chi connectivity index (χ0n) is 19.6. The maximum absolute atomic E-state index is 14.1. The number of rotatable bonds is 7. The van der Waals surface area contributed by atoms with Crippen LogP contribution in [0, 0.1) is 5.82 Å². The van der Waals surface area contributed by atoms with Gasteiger partial charge in [0.15, 0.2) is 11.5 Å². The highest BCUT2D eigenvalue weighted by atomic mass is 19.1. The van der Waals surface area contributed by atoms with Crippen molar-refractivity contribution < 1.29 is 23.4 Å². The number of benzene rings is 3. The molecule has 2 heterocycles. The highest BCUT2D eigenvalue weighted by molar-refractivity contribution is 5.94. The molecule has 0 aromatic heterocycles. The maximum Gasteiger partial charge on any atom is 0.254 e. The van der Waals surface area contributed by atoms with Crippen LogP contribution >= 0.6 is 0 Å². The smallest absolute Gasteiger partial charge is 0.254 e. The van der Waals surface area contributed by atoms with Gasteiger partial charge in [0.05, 0.1) is 18.7 Å². The van der Waals surface area contributed by atoms with Crippen LogP contribution in [0.15, 0.2) is 66.7 Å². The molecule has 2 aliphatic rings. The SMILES string of the molecule is COc1ccc(N2CCN(C(CNC(=O)c3ccccc3F)c3ccc4c(c3)OCO4)CC2)cc1. The molecule has 35 heavy (non-hydrogen) atoms. The molecule has 1 saturated heterocycles. The molecule has 1 N–H and O–H groups in total. The lowest BCUT2D eigenvalue weighted by atomic mass is 10.0. The number of methoxy groups -OCH3 is 1. The summed E-state index contributed by atoms with van der Waals surface area (Å²) in [5.41, 5.74) is 2.21. The Morgan fingerprint density at radius 3 is 2.49 bits per heavy atom. The van der Waals surface area contributed by atoms with Crippen LogP contribution in [0.25, 0.3) is 0 Å². The van der Waals surface area contributed by atoms with Crippen LogP contribution in [-0.2, 0) is 0 Å². The van der Waals surface area contributed by atoms with Crippen LogP contribution in [0.2, 0.25) is 0 Å². The van der Waals surface area contributed by atoms with Crippen molar-refractivity contribution in [3.63, 3.8) is 0 Å². The van der Waals surface area contributed by atoms with Crippen LogP contribution in [-0.4, -0.2) is 57.4 Å². The summed E-state index contributed by atoms with van der Waals surface area (Å²) in [5.74, 6) is 1.29. The predicted molar refractivity (Wildman–Crippen MR) is 131 cm³/mol. The Kier molecular flexibility index (Phi) is 6.72. The number of ether oxygens (including phenoxy) is 3. The van der Waals surface area contributed by atoms with Crippen molar-refractivity contribution in [2.45, 2.75) is 6.04 Å². The molecule has 7 nitrogen and oxygen atoms in total. The summed E-state index contributed by atoms with van der Waals surface area (Å²) >= 11 is 0. The second-order valence-corrected chi connectivity index (χ2v) is 8.54. The number of carbonyl (C=O) groups excluding carboxylic acids is 1. The van der Waals surface area contributed by atoms with E-state index < -0.39 is 11.7 Å². The number of amides is 1. The van der Waals surface area contributed by atoms with Gasteiger partial charge in [-0.1, -0.05) is 18.2 Å². The summed E-state index contributed by atoms with van der Waals surface area (Å²) in [7, 11) is 1.66. The third-order valence-corrected chi connectivity index (χ3v) is 6.55. The van der Waals surface area contributed by atoms with E-state index in [2.05, 4.69) is 27.2 Å². The van der Waals surface area contributed by atoms with Gasteiger partial charge in [-0.15, -0.1) is 0 Å². The minimum absolute atomic E-state index is 0.0428. The van der Waals surface area contributed by atoms with Crippen LogP contribution in [0.3, 0.4) is 0 Å². The molecular weight excluding hydrogens is 449 g/mol. The largest absolute Gasteiger partial charge is 0.497 e. The minimum atomic E-state index is -0.530. The average molecular weight is 478 g/mol. The molecule has 8 heteroatoms. The number of piperazine rings is 1. The Labute approximate surface area is 204 Å². The number of hydrogen-bond donors (Lipinski definition) is 1. The quantitative estimate of drug-likeness (QED) is 0.558. The number of hydrogen-bond acceptors (Lipinski definition) is 6. The molecule has 1 unspecified atom stereocenters. The molecule has 2 aliphatic heterocycles. The number of carbonyl (C=O) groups is 1. The van der Waals surface area contributed by atoms with E-state index in [4.69, 9.17) is 14.2 Å². The van der Waals surface area contributed by atoms with Gasteiger partial charge in [0.1, 0.15) is 11.6 Å². The van der Waals surface area contributed by atoms with Gasteiger partial charge in [0.25, 0.3) is 5.91 Å². The fourth-order valence-electron chi connectivity index (χ4n) is 4.59. The van der Waals surface area contributed by atoms with Gasteiger partial charge in [-0.3, -0.25) is 9.69 Å². The summed E-state index contributed by atoms with van der Waals surface area (Å²) in [6, 6.07) is 19.9. The van der Waals surface area contributed by atoms with E-state index in [1.807, 2.05) is 30.3 Å². The summed E-state index contributed by atoms with van der Waals surface area (Å²) in [6.07, 6.45) is 0. The topological polar surface area (TPSA) is 63.3 Å². The molecule has 0 radical (unpaired) electrons. The van der Waals surface area contributed by atoms with Crippen molar-refractivity contribution in [3.05, 3.63) is 83.7 Å². The van der Waals surface area contributed by atoms with E-state index >= 15 is 0 Å². The summed E-state index contributed by atoms with van der Waals surface area (Å²) in [6.45, 7) is 3.84. The Bertz CT molecular complexity index is 1180. The van der Waals surface area contributed by atoms with Gasteiger partial charge in [-0.05, 0) is 54.1 Å². The Morgan fingerprint density at radius 2 is 1.74 bits per heavy atom. The number of fused-ring (bicyclic) bond motifs is 1. The van der Waals surface area contributed by atoms with Crippen LogP contribution in [0.1, 0.15) is 22.0 Å². The molecule has 0 saturated carbocycles. The summed E-state index contributed by atoms with van der Waals surface area (Å²) in [4.78, 5) is 17.4. The first kappa shape index (κ1) is 23.0. The van der Waals surface area contributed by atoms with E-state index in [0.29, 0.717) is 18.0 Å². The first-order valence-corrected chi connectivity index (χ1v) is 11.7. The molecule has 0 aliphatic carbocycles. The molecule has 0 bridgehead atoms. The maximum atomic E-state index is 14.1. The monoisotopic (exact) mass is 477 g/mol. The molecular formula is C27H28FN3O4. The average Bonchev–Trinajstić information content (AvgIpc) is 3.37. The van der Waals surface area contributed by atoms with Gasteiger partial charge in [-0.25, -0.2) is 4.39 Å². The highest BCUT2D eigenvalue weighted by Gasteiger charge is 2.28. The zero-order valence-corrected chi connectivity index (χ0v) is 19.6. The van der Waals surface area contributed by atoms with E-state index in [1.165, 1.54) is 12.1 Å². The van der Waals surface area contributed by atoms with Crippen molar-refractivity contribution in [3.8, 4) is 17.2 Å². The Hall–Kier alpha value is -3.78. The van der Waals surface area contributed by atoms with Crippen molar-refractivity contribution >= 4 is 11.6 Å². The van der Waals surface area contributed by atoms with Crippen molar-refractivity contribution in [2.75, 3.05) is 51.5 Å². The van der Waals surface area contributed by atoms with Crippen LogP contribution in [0.5, 0.6) is 17.2 Å². The molecule has 3 aromatic carbocycles. The van der Waals surface area contributed by atoms with Crippen molar-refractivity contribution in [1.82, 2.24) is 10.2 Å². The van der Waals surface area contributed by atoms with E-state index in [1.54, 1.807) is 19.2 Å². The first-order valence-electron chi connectivity index (χ1n) is 11.7. The minimum Gasteiger partial charge on any atom is -0.497 e. The molecule has 3 aromatic rings.